The molecule has 0 aliphatic heterocycles. The summed E-state index contributed by atoms with van der Waals surface area (Å²) < 4.78 is 5.39. The maximum atomic E-state index is 5.39. The highest BCUT2D eigenvalue weighted by Gasteiger charge is 2.16. The Kier molecular flexibility index (Phi) is 9.66. The second-order valence-electron chi connectivity index (χ2n) is 5.69. The molecule has 4 heteroatoms. The first-order chi connectivity index (χ1) is 8.99. The maximum Gasteiger partial charge on any atom is 0.191 e. The van der Waals surface area contributed by atoms with Crippen LogP contribution in [0, 0.1) is 5.92 Å². The van der Waals surface area contributed by atoms with Crippen molar-refractivity contribution >= 4 is 5.96 Å². The van der Waals surface area contributed by atoms with Crippen LogP contribution in [0.25, 0.3) is 0 Å². The molecule has 0 saturated carbocycles. The van der Waals surface area contributed by atoms with Crippen molar-refractivity contribution in [1.82, 2.24) is 10.6 Å². The summed E-state index contributed by atoms with van der Waals surface area (Å²) in [5, 5.41) is 6.72. The Morgan fingerprint density at radius 1 is 1.26 bits per heavy atom. The van der Waals surface area contributed by atoms with Gasteiger partial charge < -0.3 is 15.4 Å². The Hall–Kier alpha value is -0.770. The van der Waals surface area contributed by atoms with Gasteiger partial charge in [-0.2, -0.15) is 0 Å². The molecule has 0 aromatic carbocycles. The molecule has 0 radical (unpaired) electrons. The fourth-order valence-electron chi connectivity index (χ4n) is 1.77. The summed E-state index contributed by atoms with van der Waals surface area (Å²) in [6.07, 6.45) is 5.09. The van der Waals surface area contributed by atoms with Crippen LogP contribution in [0.15, 0.2) is 4.99 Å². The minimum absolute atomic E-state index is 0.177. The third kappa shape index (κ3) is 8.87. The Balaban J connectivity index is 4.06. The standard InChI is InChI=1S/C15H33N3O/c1-7-9-10-13(8-2)11-17-14(16-5)18-12-15(3,4)19-6/h13H,7-12H2,1-6H3,(H2,16,17,18). The van der Waals surface area contributed by atoms with E-state index in [-0.39, 0.29) is 5.60 Å². The number of hydrogen-bond donors (Lipinski definition) is 2. The van der Waals surface area contributed by atoms with Crippen LogP contribution in [0.4, 0.5) is 0 Å². The Morgan fingerprint density at radius 3 is 2.42 bits per heavy atom. The number of rotatable bonds is 9. The summed E-state index contributed by atoms with van der Waals surface area (Å²) in [6, 6.07) is 0. The summed E-state index contributed by atoms with van der Waals surface area (Å²) in [4.78, 5) is 4.25. The lowest BCUT2D eigenvalue weighted by Gasteiger charge is -2.25. The van der Waals surface area contributed by atoms with Crippen molar-refractivity contribution in [1.29, 1.82) is 0 Å². The lowest BCUT2D eigenvalue weighted by molar-refractivity contribution is 0.0268. The maximum absolute atomic E-state index is 5.39. The Labute approximate surface area is 119 Å². The third-order valence-electron chi connectivity index (χ3n) is 3.56. The minimum Gasteiger partial charge on any atom is -0.377 e. The van der Waals surface area contributed by atoms with E-state index in [2.05, 4.69) is 43.3 Å². The zero-order chi connectivity index (χ0) is 14.7. The van der Waals surface area contributed by atoms with E-state index >= 15 is 0 Å². The second-order valence-corrected chi connectivity index (χ2v) is 5.69. The van der Waals surface area contributed by atoms with E-state index in [1.807, 2.05) is 7.05 Å². The molecule has 1 unspecified atom stereocenters. The SMILES string of the molecule is CCCCC(CC)CNC(=NC)NCC(C)(C)OC. The summed E-state index contributed by atoms with van der Waals surface area (Å²) in [6.45, 7) is 10.4. The molecular formula is C15H33N3O. The molecule has 19 heavy (non-hydrogen) atoms. The minimum atomic E-state index is -0.177. The van der Waals surface area contributed by atoms with Gasteiger partial charge >= 0.3 is 0 Å². The predicted molar refractivity (Wildman–Crippen MR) is 83.8 cm³/mol. The fourth-order valence-corrected chi connectivity index (χ4v) is 1.77. The number of guanidine groups is 1. The van der Waals surface area contributed by atoms with Crippen LogP contribution >= 0.6 is 0 Å². The second kappa shape index (κ2) is 10.1. The average Bonchev–Trinajstić information content (AvgIpc) is 2.42. The Morgan fingerprint density at radius 2 is 1.95 bits per heavy atom. The molecule has 0 bridgehead atoms. The molecule has 0 spiro atoms. The van der Waals surface area contributed by atoms with Gasteiger partial charge in [0.05, 0.1) is 5.60 Å². The molecule has 2 N–H and O–H groups in total. The van der Waals surface area contributed by atoms with Gasteiger partial charge in [-0.1, -0.05) is 33.1 Å². The first-order valence-electron chi connectivity index (χ1n) is 7.48. The monoisotopic (exact) mass is 271 g/mol. The highest BCUT2D eigenvalue weighted by Crippen LogP contribution is 2.11. The molecule has 0 aliphatic rings. The smallest absolute Gasteiger partial charge is 0.191 e. The molecular weight excluding hydrogens is 238 g/mol. The molecule has 0 heterocycles. The number of methoxy groups -OCH3 is 1. The topological polar surface area (TPSA) is 45.7 Å². The number of aliphatic imine (C=N–C) groups is 1. The van der Waals surface area contributed by atoms with Crippen molar-refractivity contribution in [3.63, 3.8) is 0 Å². The molecule has 0 aliphatic carbocycles. The molecule has 4 nitrogen and oxygen atoms in total. The van der Waals surface area contributed by atoms with Crippen LogP contribution in [0.1, 0.15) is 53.4 Å². The van der Waals surface area contributed by atoms with Crippen molar-refractivity contribution in [3.8, 4) is 0 Å². The molecule has 0 aromatic heterocycles. The fraction of sp³-hybridized carbons (Fsp3) is 0.933. The van der Waals surface area contributed by atoms with Crippen LogP contribution in [0.2, 0.25) is 0 Å². The molecule has 0 fully saturated rings. The van der Waals surface area contributed by atoms with Gasteiger partial charge in [0.25, 0.3) is 0 Å². The molecule has 1 atom stereocenters. The quantitative estimate of drug-likeness (QED) is 0.501. The molecule has 0 rings (SSSR count). The lowest BCUT2D eigenvalue weighted by atomic mass is 9.99. The highest BCUT2D eigenvalue weighted by molar-refractivity contribution is 5.79. The van der Waals surface area contributed by atoms with Crippen LogP contribution in [-0.4, -0.2) is 38.8 Å². The van der Waals surface area contributed by atoms with Gasteiger partial charge in [0, 0.05) is 27.2 Å². The van der Waals surface area contributed by atoms with Crippen molar-refractivity contribution in [2.24, 2.45) is 10.9 Å². The highest BCUT2D eigenvalue weighted by atomic mass is 16.5. The van der Waals surface area contributed by atoms with Crippen molar-refractivity contribution in [2.45, 2.75) is 59.0 Å². The van der Waals surface area contributed by atoms with Gasteiger partial charge in [-0.25, -0.2) is 0 Å². The lowest BCUT2D eigenvalue weighted by Crippen LogP contribution is -2.46. The number of unbranched alkanes of at least 4 members (excludes halogenated alkanes) is 1. The molecule has 0 amide bonds. The van der Waals surface area contributed by atoms with Crippen LogP contribution in [0.5, 0.6) is 0 Å². The molecule has 0 aromatic rings. The number of ether oxygens (including phenoxy) is 1. The van der Waals surface area contributed by atoms with Gasteiger partial charge in [0.1, 0.15) is 0 Å². The zero-order valence-electron chi connectivity index (χ0n) is 13.7. The van der Waals surface area contributed by atoms with E-state index in [0.29, 0.717) is 0 Å². The summed E-state index contributed by atoms with van der Waals surface area (Å²) in [7, 11) is 3.54. The number of nitrogens with zero attached hydrogens (tertiary/aromatic N) is 1. The first-order valence-corrected chi connectivity index (χ1v) is 7.48. The van der Waals surface area contributed by atoms with E-state index in [0.717, 1.165) is 25.0 Å². The van der Waals surface area contributed by atoms with Crippen LogP contribution in [0.3, 0.4) is 0 Å². The normalized spacial score (nSPS) is 14.3. The average molecular weight is 271 g/mol. The predicted octanol–water partition coefficient (Wildman–Crippen LogP) is 2.79. The number of hydrogen-bond acceptors (Lipinski definition) is 2. The summed E-state index contributed by atoms with van der Waals surface area (Å²) >= 11 is 0. The van der Waals surface area contributed by atoms with Crippen molar-refractivity contribution in [3.05, 3.63) is 0 Å². The summed E-state index contributed by atoms with van der Waals surface area (Å²) in [5.41, 5.74) is -0.177. The van der Waals surface area contributed by atoms with Crippen LogP contribution in [-0.2, 0) is 4.74 Å². The summed E-state index contributed by atoms with van der Waals surface area (Å²) in [5.74, 6) is 1.59. The van der Waals surface area contributed by atoms with Crippen molar-refractivity contribution in [2.75, 3.05) is 27.2 Å². The molecule has 114 valence electrons. The Bertz CT molecular complexity index is 252. The van der Waals surface area contributed by atoms with E-state index in [1.165, 1.54) is 25.7 Å². The van der Waals surface area contributed by atoms with Gasteiger partial charge in [-0.05, 0) is 26.2 Å². The zero-order valence-corrected chi connectivity index (χ0v) is 13.7. The van der Waals surface area contributed by atoms with E-state index in [4.69, 9.17) is 4.74 Å². The third-order valence-corrected chi connectivity index (χ3v) is 3.56. The van der Waals surface area contributed by atoms with Gasteiger partial charge in [0.2, 0.25) is 0 Å². The van der Waals surface area contributed by atoms with Gasteiger partial charge in [-0.3, -0.25) is 4.99 Å². The van der Waals surface area contributed by atoms with Gasteiger partial charge in [-0.15, -0.1) is 0 Å². The largest absolute Gasteiger partial charge is 0.377 e. The number of nitrogens with one attached hydrogen (secondary N) is 2. The van der Waals surface area contributed by atoms with E-state index in [9.17, 15) is 0 Å². The molecule has 0 saturated heterocycles. The van der Waals surface area contributed by atoms with Crippen LogP contribution < -0.4 is 10.6 Å². The first kappa shape index (κ1) is 18.2. The van der Waals surface area contributed by atoms with Gasteiger partial charge in [0.15, 0.2) is 5.96 Å². The van der Waals surface area contributed by atoms with Crippen molar-refractivity contribution < 1.29 is 4.74 Å². The van der Waals surface area contributed by atoms with E-state index in [1.54, 1.807) is 7.11 Å². The van der Waals surface area contributed by atoms with E-state index < -0.39 is 0 Å².